The molecule has 2 amide bonds. The SMILES string of the molecule is CC1CCCN(C(=O)N2CCN(C(C)C(N)=NO)CC2)C1. The minimum absolute atomic E-state index is 0.0951. The molecule has 0 aromatic carbocycles. The van der Waals surface area contributed by atoms with Crippen LogP contribution in [0, 0.1) is 5.92 Å². The highest BCUT2D eigenvalue weighted by atomic mass is 16.4. The van der Waals surface area contributed by atoms with Crippen molar-refractivity contribution in [2.75, 3.05) is 39.3 Å². The lowest BCUT2D eigenvalue weighted by molar-refractivity contribution is 0.0952. The lowest BCUT2D eigenvalue weighted by Crippen LogP contribution is -2.57. The number of nitrogens with zero attached hydrogens (tertiary/aromatic N) is 4. The zero-order chi connectivity index (χ0) is 15.4. The molecule has 0 radical (unpaired) electrons. The Morgan fingerprint density at radius 3 is 2.48 bits per heavy atom. The molecule has 2 atom stereocenters. The average Bonchev–Trinajstić information content (AvgIpc) is 2.53. The number of hydrogen-bond donors (Lipinski definition) is 2. The van der Waals surface area contributed by atoms with E-state index in [2.05, 4.69) is 17.0 Å². The lowest BCUT2D eigenvalue weighted by atomic mass is 10.0. The number of carbonyl (C=O) groups excluding carboxylic acids is 1. The van der Waals surface area contributed by atoms with Crippen LogP contribution < -0.4 is 5.73 Å². The molecular weight excluding hydrogens is 270 g/mol. The van der Waals surface area contributed by atoms with Gasteiger partial charge in [0.15, 0.2) is 5.84 Å². The second-order valence-electron chi connectivity index (χ2n) is 6.20. The normalized spacial score (nSPS) is 26.8. The van der Waals surface area contributed by atoms with Gasteiger partial charge in [-0.3, -0.25) is 4.90 Å². The summed E-state index contributed by atoms with van der Waals surface area (Å²) in [6.07, 6.45) is 2.32. The van der Waals surface area contributed by atoms with E-state index in [1.165, 1.54) is 6.42 Å². The maximum absolute atomic E-state index is 12.5. The predicted octanol–water partition coefficient (Wildman–Crippen LogP) is 0.591. The molecule has 2 aliphatic heterocycles. The molecule has 0 aliphatic carbocycles. The zero-order valence-electron chi connectivity index (χ0n) is 13.0. The molecule has 2 unspecified atom stereocenters. The van der Waals surface area contributed by atoms with Gasteiger partial charge in [0.2, 0.25) is 0 Å². The number of carbonyl (C=O) groups is 1. The van der Waals surface area contributed by atoms with E-state index in [4.69, 9.17) is 10.9 Å². The standard InChI is InChI=1S/C14H27N5O2/c1-11-4-3-5-19(10-11)14(20)18-8-6-17(7-9-18)12(2)13(15)16-21/h11-12,21H,3-10H2,1-2H3,(H2,15,16). The van der Waals surface area contributed by atoms with Crippen LogP contribution in [0.15, 0.2) is 5.16 Å². The van der Waals surface area contributed by atoms with Crippen LogP contribution in [0.2, 0.25) is 0 Å². The summed E-state index contributed by atoms with van der Waals surface area (Å²) < 4.78 is 0. The summed E-state index contributed by atoms with van der Waals surface area (Å²) in [6, 6.07) is 0.0694. The van der Waals surface area contributed by atoms with Crippen molar-refractivity contribution in [3.05, 3.63) is 0 Å². The number of nitrogens with two attached hydrogens (primary N) is 1. The van der Waals surface area contributed by atoms with E-state index < -0.39 is 0 Å². The highest BCUT2D eigenvalue weighted by molar-refractivity contribution is 5.84. The molecule has 2 heterocycles. The van der Waals surface area contributed by atoms with Gasteiger partial charge in [0, 0.05) is 39.3 Å². The van der Waals surface area contributed by atoms with Gasteiger partial charge in [0.25, 0.3) is 0 Å². The lowest BCUT2D eigenvalue weighted by Gasteiger charge is -2.41. The molecule has 0 aromatic rings. The zero-order valence-corrected chi connectivity index (χ0v) is 13.0. The first-order valence-corrected chi connectivity index (χ1v) is 7.78. The number of hydrogen-bond acceptors (Lipinski definition) is 4. The second kappa shape index (κ2) is 6.98. The van der Waals surface area contributed by atoms with Crippen LogP contribution in [0.3, 0.4) is 0 Å². The summed E-state index contributed by atoms with van der Waals surface area (Å²) in [4.78, 5) is 18.6. The van der Waals surface area contributed by atoms with Gasteiger partial charge in [0.1, 0.15) is 0 Å². The van der Waals surface area contributed by atoms with Crippen LogP contribution in [0.25, 0.3) is 0 Å². The van der Waals surface area contributed by atoms with Crippen molar-refractivity contribution in [2.24, 2.45) is 16.8 Å². The molecule has 2 saturated heterocycles. The van der Waals surface area contributed by atoms with Gasteiger partial charge < -0.3 is 20.7 Å². The van der Waals surface area contributed by atoms with E-state index in [9.17, 15) is 4.79 Å². The summed E-state index contributed by atoms with van der Waals surface area (Å²) in [5.74, 6) is 0.823. The van der Waals surface area contributed by atoms with Crippen molar-refractivity contribution >= 4 is 11.9 Å². The number of amides is 2. The van der Waals surface area contributed by atoms with Crippen molar-refractivity contribution in [1.29, 1.82) is 0 Å². The Hall–Kier alpha value is -1.50. The molecule has 120 valence electrons. The number of rotatable bonds is 2. The molecule has 0 bridgehead atoms. The highest BCUT2D eigenvalue weighted by Crippen LogP contribution is 2.18. The van der Waals surface area contributed by atoms with Crippen LogP contribution in [-0.4, -0.2) is 77.1 Å². The largest absolute Gasteiger partial charge is 0.409 e. The van der Waals surface area contributed by atoms with Gasteiger partial charge in [-0.1, -0.05) is 12.1 Å². The summed E-state index contributed by atoms with van der Waals surface area (Å²) in [5.41, 5.74) is 5.64. The molecular formula is C14H27N5O2. The molecule has 2 aliphatic rings. The first-order chi connectivity index (χ1) is 10.0. The number of amidine groups is 1. The smallest absolute Gasteiger partial charge is 0.320 e. The Bertz CT molecular complexity index is 393. The van der Waals surface area contributed by atoms with Crippen LogP contribution in [0.4, 0.5) is 4.79 Å². The van der Waals surface area contributed by atoms with Gasteiger partial charge >= 0.3 is 6.03 Å². The van der Waals surface area contributed by atoms with Gasteiger partial charge in [-0.25, -0.2) is 4.79 Å². The molecule has 7 nitrogen and oxygen atoms in total. The third-order valence-corrected chi connectivity index (χ3v) is 4.60. The van der Waals surface area contributed by atoms with E-state index in [0.717, 1.165) is 32.6 Å². The number of piperazine rings is 1. The van der Waals surface area contributed by atoms with Gasteiger partial charge in [-0.05, 0) is 25.7 Å². The fourth-order valence-electron chi connectivity index (χ4n) is 3.13. The Morgan fingerprint density at radius 1 is 1.24 bits per heavy atom. The molecule has 21 heavy (non-hydrogen) atoms. The maximum atomic E-state index is 12.5. The van der Waals surface area contributed by atoms with Crippen molar-refractivity contribution in [3.63, 3.8) is 0 Å². The van der Waals surface area contributed by atoms with Crippen LogP contribution in [0.5, 0.6) is 0 Å². The van der Waals surface area contributed by atoms with E-state index in [0.29, 0.717) is 19.0 Å². The van der Waals surface area contributed by atoms with E-state index in [1.807, 2.05) is 16.7 Å². The Morgan fingerprint density at radius 2 is 1.90 bits per heavy atom. The first-order valence-electron chi connectivity index (χ1n) is 7.78. The van der Waals surface area contributed by atoms with Gasteiger partial charge in [0.05, 0.1) is 6.04 Å². The number of urea groups is 1. The minimum atomic E-state index is -0.0951. The first kappa shape index (κ1) is 15.9. The Labute approximate surface area is 126 Å². The third kappa shape index (κ3) is 3.78. The topological polar surface area (TPSA) is 85.4 Å². The highest BCUT2D eigenvalue weighted by Gasteiger charge is 2.29. The van der Waals surface area contributed by atoms with Crippen LogP contribution in [0.1, 0.15) is 26.7 Å². The Balaban J connectivity index is 1.84. The van der Waals surface area contributed by atoms with Crippen molar-refractivity contribution in [3.8, 4) is 0 Å². The average molecular weight is 297 g/mol. The third-order valence-electron chi connectivity index (χ3n) is 4.60. The van der Waals surface area contributed by atoms with Crippen molar-refractivity contribution < 1.29 is 10.0 Å². The van der Waals surface area contributed by atoms with Gasteiger partial charge in [-0.15, -0.1) is 0 Å². The van der Waals surface area contributed by atoms with Crippen LogP contribution >= 0.6 is 0 Å². The van der Waals surface area contributed by atoms with Crippen molar-refractivity contribution in [2.45, 2.75) is 32.7 Å². The fraction of sp³-hybridized carbons (Fsp3) is 0.857. The van der Waals surface area contributed by atoms with E-state index >= 15 is 0 Å². The maximum Gasteiger partial charge on any atom is 0.320 e. The summed E-state index contributed by atoms with van der Waals surface area (Å²) in [6.45, 7) is 8.79. The van der Waals surface area contributed by atoms with E-state index in [-0.39, 0.29) is 17.9 Å². The minimum Gasteiger partial charge on any atom is -0.409 e. The molecule has 2 rings (SSSR count). The fourth-order valence-corrected chi connectivity index (χ4v) is 3.13. The summed E-state index contributed by atoms with van der Waals surface area (Å²) in [7, 11) is 0. The number of oxime groups is 1. The summed E-state index contributed by atoms with van der Waals surface area (Å²) >= 11 is 0. The molecule has 0 aromatic heterocycles. The van der Waals surface area contributed by atoms with Crippen molar-refractivity contribution in [1.82, 2.24) is 14.7 Å². The molecule has 3 N–H and O–H groups in total. The second-order valence-corrected chi connectivity index (χ2v) is 6.20. The molecule has 7 heteroatoms. The quantitative estimate of drug-likeness (QED) is 0.338. The molecule has 0 saturated carbocycles. The Kier molecular flexibility index (Phi) is 5.27. The van der Waals surface area contributed by atoms with E-state index in [1.54, 1.807) is 0 Å². The molecule has 0 spiro atoms. The monoisotopic (exact) mass is 297 g/mol. The molecule has 2 fully saturated rings. The number of likely N-dealkylation sites (tertiary alicyclic amines) is 1. The summed E-state index contributed by atoms with van der Waals surface area (Å²) in [5, 5.41) is 11.8. The predicted molar refractivity (Wildman–Crippen MR) is 81.4 cm³/mol. The van der Waals surface area contributed by atoms with Gasteiger partial charge in [-0.2, -0.15) is 0 Å². The van der Waals surface area contributed by atoms with Crippen LogP contribution in [-0.2, 0) is 0 Å². The number of piperidine rings is 1.